The summed E-state index contributed by atoms with van der Waals surface area (Å²) in [5, 5.41) is 1.98. The van der Waals surface area contributed by atoms with Gasteiger partial charge in [0.1, 0.15) is 11.2 Å². The Bertz CT molecular complexity index is 785. The molecule has 0 bridgehead atoms. The summed E-state index contributed by atoms with van der Waals surface area (Å²) < 4.78 is 10.7. The Labute approximate surface area is 104 Å². The van der Waals surface area contributed by atoms with Crippen LogP contribution in [-0.2, 0) is 5.41 Å². The molecule has 0 N–H and O–H groups in total. The molecule has 0 aliphatic rings. The summed E-state index contributed by atoms with van der Waals surface area (Å²) in [5.41, 5.74) is 2.15. The number of rotatable bonds is 0. The topological polar surface area (TPSA) is 43.4 Å². The molecule has 3 rings (SSSR count). The molecule has 18 heavy (non-hydrogen) atoms. The van der Waals surface area contributed by atoms with Gasteiger partial charge in [-0.1, -0.05) is 20.8 Å². The van der Waals surface area contributed by atoms with Crippen molar-refractivity contribution in [3.05, 3.63) is 46.5 Å². The highest BCUT2D eigenvalue weighted by atomic mass is 16.4. The van der Waals surface area contributed by atoms with E-state index in [4.69, 9.17) is 8.83 Å². The van der Waals surface area contributed by atoms with Gasteiger partial charge in [-0.2, -0.15) is 0 Å². The van der Waals surface area contributed by atoms with Crippen molar-refractivity contribution in [3.63, 3.8) is 0 Å². The van der Waals surface area contributed by atoms with Crippen LogP contribution in [0.25, 0.3) is 21.9 Å². The Hall–Kier alpha value is -2.03. The lowest BCUT2D eigenvalue weighted by molar-refractivity contribution is 0.553. The summed E-state index contributed by atoms with van der Waals surface area (Å²) in [6.07, 6.45) is 1.78. The molecule has 0 amide bonds. The van der Waals surface area contributed by atoms with Crippen LogP contribution in [0.4, 0.5) is 0 Å². The number of benzene rings is 1. The van der Waals surface area contributed by atoms with Crippen molar-refractivity contribution in [2.24, 2.45) is 0 Å². The first-order chi connectivity index (χ1) is 8.45. The van der Waals surface area contributed by atoms with Gasteiger partial charge < -0.3 is 8.83 Å². The van der Waals surface area contributed by atoms with E-state index in [-0.39, 0.29) is 11.0 Å². The molecule has 0 unspecified atom stereocenters. The fraction of sp³-hybridized carbons (Fsp3) is 0.267. The maximum atomic E-state index is 11.2. The van der Waals surface area contributed by atoms with Gasteiger partial charge in [-0.25, -0.2) is 4.79 Å². The number of hydrogen-bond donors (Lipinski definition) is 0. The molecule has 0 aliphatic heterocycles. The zero-order valence-corrected chi connectivity index (χ0v) is 10.6. The van der Waals surface area contributed by atoms with Crippen molar-refractivity contribution >= 4 is 21.9 Å². The molecule has 0 aliphatic carbocycles. The molecule has 3 nitrogen and oxygen atoms in total. The molecule has 0 fully saturated rings. The van der Waals surface area contributed by atoms with Crippen LogP contribution in [-0.4, -0.2) is 0 Å². The number of hydrogen-bond acceptors (Lipinski definition) is 3. The van der Waals surface area contributed by atoms with Crippen LogP contribution in [0.15, 0.2) is 44.2 Å². The predicted octanol–water partition coefficient (Wildman–Crippen LogP) is 3.84. The molecule has 3 heteroatoms. The van der Waals surface area contributed by atoms with Gasteiger partial charge in [-0.3, -0.25) is 0 Å². The minimum absolute atomic E-state index is 0.0224. The lowest BCUT2D eigenvalue weighted by Crippen LogP contribution is -2.09. The largest absolute Gasteiger partial charge is 0.464 e. The quantitative estimate of drug-likeness (QED) is 0.562. The van der Waals surface area contributed by atoms with Gasteiger partial charge in [-0.05, 0) is 17.5 Å². The van der Waals surface area contributed by atoms with Crippen LogP contribution < -0.4 is 5.63 Å². The van der Waals surface area contributed by atoms with E-state index in [0.717, 1.165) is 21.9 Å². The average molecular weight is 242 g/mol. The number of furan rings is 1. The highest BCUT2D eigenvalue weighted by Gasteiger charge is 2.20. The van der Waals surface area contributed by atoms with E-state index in [0.29, 0.717) is 5.58 Å². The van der Waals surface area contributed by atoms with Crippen molar-refractivity contribution in [2.45, 2.75) is 26.2 Å². The minimum atomic E-state index is -0.343. The standard InChI is InChI=1S/C15H14O3/c1-15(2,3)11-8-17-13-7-12-9(6-10(11)13)4-5-14(16)18-12/h4-8H,1-3H3. The Balaban J connectivity index is 2.40. The van der Waals surface area contributed by atoms with Gasteiger partial charge in [0.2, 0.25) is 0 Å². The summed E-state index contributed by atoms with van der Waals surface area (Å²) in [6, 6.07) is 7.00. The normalized spacial score (nSPS) is 12.4. The zero-order chi connectivity index (χ0) is 12.9. The van der Waals surface area contributed by atoms with Crippen molar-refractivity contribution < 1.29 is 8.83 Å². The molecule has 0 spiro atoms. The van der Waals surface area contributed by atoms with E-state index >= 15 is 0 Å². The second-order valence-corrected chi connectivity index (χ2v) is 5.54. The zero-order valence-electron chi connectivity index (χ0n) is 10.6. The smallest absolute Gasteiger partial charge is 0.336 e. The highest BCUT2D eigenvalue weighted by Crippen LogP contribution is 2.33. The van der Waals surface area contributed by atoms with E-state index in [2.05, 4.69) is 20.8 Å². The third kappa shape index (κ3) is 1.63. The van der Waals surface area contributed by atoms with Crippen LogP contribution >= 0.6 is 0 Å². The van der Waals surface area contributed by atoms with Crippen LogP contribution in [0.1, 0.15) is 26.3 Å². The van der Waals surface area contributed by atoms with E-state index in [1.54, 1.807) is 18.4 Å². The Morgan fingerprint density at radius 3 is 2.56 bits per heavy atom. The molecule has 0 atom stereocenters. The van der Waals surface area contributed by atoms with Gasteiger partial charge in [0, 0.05) is 28.5 Å². The van der Waals surface area contributed by atoms with E-state index in [1.807, 2.05) is 6.07 Å². The Kier molecular flexibility index (Phi) is 2.14. The number of fused-ring (bicyclic) bond motifs is 2. The monoisotopic (exact) mass is 242 g/mol. The Morgan fingerprint density at radius 1 is 1.06 bits per heavy atom. The van der Waals surface area contributed by atoms with Gasteiger partial charge >= 0.3 is 5.63 Å². The fourth-order valence-electron chi connectivity index (χ4n) is 2.17. The summed E-state index contributed by atoms with van der Waals surface area (Å²) in [5.74, 6) is 0. The fourth-order valence-corrected chi connectivity index (χ4v) is 2.17. The van der Waals surface area contributed by atoms with Crippen molar-refractivity contribution in [2.75, 3.05) is 0 Å². The first kappa shape index (κ1) is 11.1. The molecule has 0 radical (unpaired) electrons. The second kappa shape index (κ2) is 3.48. The first-order valence-electron chi connectivity index (χ1n) is 5.91. The minimum Gasteiger partial charge on any atom is -0.464 e. The van der Waals surface area contributed by atoms with Crippen LogP contribution in [0.3, 0.4) is 0 Å². The van der Waals surface area contributed by atoms with Crippen molar-refractivity contribution in [1.29, 1.82) is 0 Å². The van der Waals surface area contributed by atoms with Gasteiger partial charge in [0.25, 0.3) is 0 Å². The lowest BCUT2D eigenvalue weighted by Gasteiger charge is -2.16. The average Bonchev–Trinajstić information content (AvgIpc) is 2.68. The van der Waals surface area contributed by atoms with Crippen LogP contribution in [0, 0.1) is 0 Å². The second-order valence-electron chi connectivity index (χ2n) is 5.54. The molecular weight excluding hydrogens is 228 g/mol. The third-order valence-corrected chi connectivity index (χ3v) is 3.12. The highest BCUT2D eigenvalue weighted by molar-refractivity contribution is 5.95. The summed E-state index contributed by atoms with van der Waals surface area (Å²) >= 11 is 0. The van der Waals surface area contributed by atoms with Crippen LogP contribution in [0.2, 0.25) is 0 Å². The van der Waals surface area contributed by atoms with Crippen molar-refractivity contribution in [3.8, 4) is 0 Å². The lowest BCUT2D eigenvalue weighted by atomic mass is 9.87. The van der Waals surface area contributed by atoms with Crippen molar-refractivity contribution in [1.82, 2.24) is 0 Å². The maximum Gasteiger partial charge on any atom is 0.336 e. The summed E-state index contributed by atoms with van der Waals surface area (Å²) in [6.45, 7) is 6.44. The van der Waals surface area contributed by atoms with Gasteiger partial charge in [-0.15, -0.1) is 0 Å². The maximum absolute atomic E-state index is 11.2. The van der Waals surface area contributed by atoms with E-state index < -0.39 is 0 Å². The molecule has 3 aromatic rings. The molecule has 1 aromatic carbocycles. The molecule has 0 saturated carbocycles. The summed E-state index contributed by atoms with van der Waals surface area (Å²) in [7, 11) is 0. The molecule has 2 aromatic heterocycles. The molecule has 0 saturated heterocycles. The molecule has 2 heterocycles. The van der Waals surface area contributed by atoms with E-state index in [1.165, 1.54) is 6.07 Å². The predicted molar refractivity (Wildman–Crippen MR) is 71.0 cm³/mol. The van der Waals surface area contributed by atoms with E-state index in [9.17, 15) is 4.79 Å². The van der Waals surface area contributed by atoms with Gasteiger partial charge in [0.05, 0.1) is 6.26 Å². The Morgan fingerprint density at radius 2 is 1.83 bits per heavy atom. The summed E-state index contributed by atoms with van der Waals surface area (Å²) in [4.78, 5) is 11.2. The van der Waals surface area contributed by atoms with Gasteiger partial charge in [0.15, 0.2) is 0 Å². The molecular formula is C15H14O3. The molecule has 92 valence electrons. The van der Waals surface area contributed by atoms with Crippen LogP contribution in [0.5, 0.6) is 0 Å². The first-order valence-corrected chi connectivity index (χ1v) is 5.91. The SMILES string of the molecule is CC(C)(C)c1coc2cc3oc(=O)ccc3cc12. The third-order valence-electron chi connectivity index (χ3n) is 3.12.